The van der Waals surface area contributed by atoms with Gasteiger partial charge in [-0.15, -0.1) is 0 Å². The Hall–Kier alpha value is -2.25. The number of carbonyl (C=O) groups is 2. The Bertz CT molecular complexity index is 592. The number of nitrogens with zero attached hydrogens (tertiary/aromatic N) is 3. The van der Waals surface area contributed by atoms with Crippen LogP contribution >= 0.6 is 0 Å². The Labute approximate surface area is 138 Å². The van der Waals surface area contributed by atoms with Crippen molar-refractivity contribution in [3.05, 3.63) is 30.3 Å². The summed E-state index contributed by atoms with van der Waals surface area (Å²) in [6.07, 6.45) is -4.22. The smallest absolute Gasteiger partial charge is 0.365 e. The van der Waals surface area contributed by atoms with Crippen LogP contribution in [-0.4, -0.2) is 67.6 Å². The fourth-order valence-corrected chi connectivity index (χ4v) is 2.72. The van der Waals surface area contributed by atoms with Crippen molar-refractivity contribution in [1.82, 2.24) is 9.80 Å². The molecule has 0 aliphatic carbocycles. The standard InChI is InChI=1S/C16H20F3N3O2/c1-20(12-6-4-3-5-7-12)10-14(23)21(2)13-8-9-22(15(13)24)11-16(17,18)19/h3-7,13H,8-11H2,1-2H3. The lowest BCUT2D eigenvalue weighted by Crippen LogP contribution is -2.47. The van der Waals surface area contributed by atoms with Crippen LogP contribution in [0.15, 0.2) is 30.3 Å². The highest BCUT2D eigenvalue weighted by Crippen LogP contribution is 2.23. The van der Waals surface area contributed by atoms with Crippen molar-refractivity contribution in [2.24, 2.45) is 0 Å². The molecule has 1 aliphatic heterocycles. The lowest BCUT2D eigenvalue weighted by Gasteiger charge is -2.27. The fraction of sp³-hybridized carbons (Fsp3) is 0.500. The molecule has 0 aromatic heterocycles. The van der Waals surface area contributed by atoms with Crippen LogP contribution in [0, 0.1) is 0 Å². The van der Waals surface area contributed by atoms with Gasteiger partial charge in [-0.3, -0.25) is 9.59 Å². The predicted octanol–water partition coefficient (Wildman–Crippen LogP) is 1.74. The molecule has 2 amide bonds. The van der Waals surface area contributed by atoms with Gasteiger partial charge in [0.05, 0.1) is 6.54 Å². The van der Waals surface area contributed by atoms with Crippen molar-refractivity contribution >= 4 is 17.5 Å². The summed E-state index contributed by atoms with van der Waals surface area (Å²) in [5.74, 6) is -0.959. The van der Waals surface area contributed by atoms with E-state index in [0.29, 0.717) is 0 Å². The molecule has 1 aliphatic rings. The molecule has 0 N–H and O–H groups in total. The van der Waals surface area contributed by atoms with E-state index in [1.165, 1.54) is 11.9 Å². The number of hydrogen-bond acceptors (Lipinski definition) is 3. The van der Waals surface area contributed by atoms with Crippen LogP contribution < -0.4 is 4.90 Å². The molecule has 0 spiro atoms. The zero-order valence-corrected chi connectivity index (χ0v) is 13.6. The monoisotopic (exact) mass is 343 g/mol. The van der Waals surface area contributed by atoms with Gasteiger partial charge in [0, 0.05) is 26.3 Å². The summed E-state index contributed by atoms with van der Waals surface area (Å²) in [6.45, 7) is -1.22. The number of anilines is 1. The van der Waals surface area contributed by atoms with Gasteiger partial charge in [-0.1, -0.05) is 18.2 Å². The van der Waals surface area contributed by atoms with Crippen LogP contribution in [0.2, 0.25) is 0 Å². The molecule has 1 aromatic carbocycles. The van der Waals surface area contributed by atoms with Gasteiger partial charge in [0.15, 0.2) is 0 Å². The van der Waals surface area contributed by atoms with Crippen LogP contribution in [0.25, 0.3) is 0 Å². The molecule has 1 atom stereocenters. The zero-order chi connectivity index (χ0) is 17.9. The molecule has 1 aromatic rings. The molecule has 5 nitrogen and oxygen atoms in total. The van der Waals surface area contributed by atoms with Crippen molar-refractivity contribution in [3.8, 4) is 0 Å². The SMILES string of the molecule is CN(CC(=O)N(C)C1CCN(CC(F)(F)F)C1=O)c1ccccc1. The molecule has 1 saturated heterocycles. The van der Waals surface area contributed by atoms with E-state index in [1.807, 2.05) is 30.3 Å². The third kappa shape index (κ3) is 4.39. The zero-order valence-electron chi connectivity index (χ0n) is 13.6. The van der Waals surface area contributed by atoms with Crippen LogP contribution in [0.1, 0.15) is 6.42 Å². The fourth-order valence-electron chi connectivity index (χ4n) is 2.72. The Morgan fingerprint density at radius 3 is 2.46 bits per heavy atom. The number of likely N-dealkylation sites (N-methyl/N-ethyl adjacent to an activating group) is 2. The molecule has 24 heavy (non-hydrogen) atoms. The number of halogens is 3. The third-order valence-electron chi connectivity index (χ3n) is 4.07. The first kappa shape index (κ1) is 18.1. The number of alkyl halides is 3. The molecule has 8 heteroatoms. The normalized spacial score (nSPS) is 18.0. The molecule has 0 saturated carbocycles. The quantitative estimate of drug-likeness (QED) is 0.818. The van der Waals surface area contributed by atoms with Crippen LogP contribution in [-0.2, 0) is 9.59 Å². The molecule has 1 fully saturated rings. The van der Waals surface area contributed by atoms with Crippen LogP contribution in [0.5, 0.6) is 0 Å². The average Bonchev–Trinajstić information content (AvgIpc) is 2.86. The summed E-state index contributed by atoms with van der Waals surface area (Å²) in [7, 11) is 3.20. The number of carbonyl (C=O) groups excluding carboxylic acids is 2. The number of rotatable bonds is 5. The van der Waals surface area contributed by atoms with Gasteiger partial charge in [-0.25, -0.2) is 0 Å². The first-order valence-corrected chi connectivity index (χ1v) is 7.56. The number of amides is 2. The Morgan fingerprint density at radius 2 is 1.88 bits per heavy atom. The maximum Gasteiger partial charge on any atom is 0.406 e. The lowest BCUT2D eigenvalue weighted by atomic mass is 10.2. The molecular weight excluding hydrogens is 323 g/mol. The van der Waals surface area contributed by atoms with Gasteiger partial charge in [0.25, 0.3) is 0 Å². The second-order valence-corrected chi connectivity index (χ2v) is 5.88. The summed E-state index contributed by atoms with van der Waals surface area (Å²) in [6, 6.07) is 8.41. The highest BCUT2D eigenvalue weighted by atomic mass is 19.4. The molecule has 1 unspecified atom stereocenters. The van der Waals surface area contributed by atoms with E-state index in [4.69, 9.17) is 0 Å². The van der Waals surface area contributed by atoms with Crippen LogP contribution in [0.3, 0.4) is 0 Å². The van der Waals surface area contributed by atoms with Crippen molar-refractivity contribution in [2.45, 2.75) is 18.6 Å². The van der Waals surface area contributed by atoms with E-state index < -0.39 is 24.7 Å². The van der Waals surface area contributed by atoms with Gasteiger partial charge in [-0.05, 0) is 18.6 Å². The maximum absolute atomic E-state index is 12.4. The van der Waals surface area contributed by atoms with Gasteiger partial charge < -0.3 is 14.7 Å². The van der Waals surface area contributed by atoms with Gasteiger partial charge in [0.2, 0.25) is 11.8 Å². The van der Waals surface area contributed by atoms with Crippen LogP contribution in [0.4, 0.5) is 18.9 Å². The first-order valence-electron chi connectivity index (χ1n) is 7.56. The minimum atomic E-state index is -4.43. The number of para-hydroxylation sites is 1. The molecule has 1 heterocycles. The summed E-state index contributed by atoms with van der Waals surface area (Å²) < 4.78 is 37.3. The molecular formula is C16H20F3N3O2. The van der Waals surface area contributed by atoms with Gasteiger partial charge in [-0.2, -0.15) is 13.2 Å². The highest BCUT2D eigenvalue weighted by Gasteiger charge is 2.41. The molecule has 0 radical (unpaired) electrons. The minimum absolute atomic E-state index is 0.00908. The minimum Gasteiger partial charge on any atom is -0.365 e. The topological polar surface area (TPSA) is 43.9 Å². The van der Waals surface area contributed by atoms with Crippen molar-refractivity contribution < 1.29 is 22.8 Å². The van der Waals surface area contributed by atoms with Crippen molar-refractivity contribution in [3.63, 3.8) is 0 Å². The van der Waals surface area contributed by atoms with E-state index in [-0.39, 0.29) is 25.4 Å². The predicted molar refractivity (Wildman–Crippen MR) is 83.5 cm³/mol. The second-order valence-electron chi connectivity index (χ2n) is 5.88. The number of benzene rings is 1. The Morgan fingerprint density at radius 1 is 1.25 bits per heavy atom. The van der Waals surface area contributed by atoms with Crippen molar-refractivity contribution in [1.29, 1.82) is 0 Å². The first-order chi connectivity index (χ1) is 11.2. The second kappa shape index (κ2) is 7.11. The summed E-state index contributed by atoms with van der Waals surface area (Å²) in [5, 5.41) is 0. The van der Waals surface area contributed by atoms with Gasteiger partial charge >= 0.3 is 6.18 Å². The number of likely N-dealkylation sites (tertiary alicyclic amines) is 1. The molecule has 2 rings (SSSR count). The lowest BCUT2D eigenvalue weighted by molar-refractivity contribution is -0.159. The molecule has 0 bridgehead atoms. The summed E-state index contributed by atoms with van der Waals surface area (Å²) in [5.41, 5.74) is 0.843. The molecule has 132 valence electrons. The van der Waals surface area contributed by atoms with Gasteiger partial charge in [0.1, 0.15) is 12.6 Å². The Balaban J connectivity index is 1.95. The van der Waals surface area contributed by atoms with E-state index in [1.54, 1.807) is 11.9 Å². The van der Waals surface area contributed by atoms with E-state index in [9.17, 15) is 22.8 Å². The average molecular weight is 343 g/mol. The number of hydrogen-bond donors (Lipinski definition) is 0. The van der Waals surface area contributed by atoms with E-state index >= 15 is 0 Å². The Kier molecular flexibility index (Phi) is 5.36. The highest BCUT2D eigenvalue weighted by molar-refractivity contribution is 5.90. The third-order valence-corrected chi connectivity index (χ3v) is 4.07. The summed E-state index contributed by atoms with van der Waals surface area (Å²) >= 11 is 0. The maximum atomic E-state index is 12.4. The largest absolute Gasteiger partial charge is 0.406 e. The van der Waals surface area contributed by atoms with Crippen molar-refractivity contribution in [2.75, 3.05) is 38.6 Å². The van der Waals surface area contributed by atoms with E-state index in [0.717, 1.165) is 10.6 Å². The van der Waals surface area contributed by atoms with E-state index in [2.05, 4.69) is 0 Å². The summed E-state index contributed by atoms with van der Waals surface area (Å²) in [4.78, 5) is 28.2.